The van der Waals surface area contributed by atoms with Crippen molar-refractivity contribution in [3.63, 3.8) is 0 Å². The molecule has 0 bridgehead atoms. The zero-order valence-electron chi connectivity index (χ0n) is 16.7. The third kappa shape index (κ3) is 6.08. The minimum atomic E-state index is -0.632. The molecule has 1 heterocycles. The highest BCUT2D eigenvalue weighted by Crippen LogP contribution is 2.34. The van der Waals surface area contributed by atoms with Crippen molar-refractivity contribution in [2.24, 2.45) is 0 Å². The van der Waals surface area contributed by atoms with Gasteiger partial charge in [-0.15, -0.1) is 0 Å². The molecule has 1 aliphatic heterocycles. The second-order valence-corrected chi connectivity index (χ2v) is 7.20. The number of benzene rings is 1. The van der Waals surface area contributed by atoms with Crippen molar-refractivity contribution in [2.75, 3.05) is 13.2 Å². The molecule has 1 aliphatic rings. The van der Waals surface area contributed by atoms with Gasteiger partial charge in [0.2, 0.25) is 0 Å². The minimum Gasteiger partial charge on any atom is -0.490 e. The Morgan fingerprint density at radius 2 is 1.93 bits per heavy atom. The second kappa shape index (κ2) is 10.1. The summed E-state index contributed by atoms with van der Waals surface area (Å²) < 4.78 is 15.7. The Morgan fingerprint density at radius 1 is 1.21 bits per heavy atom. The van der Waals surface area contributed by atoms with Crippen LogP contribution in [-0.4, -0.2) is 47.2 Å². The van der Waals surface area contributed by atoms with Crippen molar-refractivity contribution in [2.45, 2.75) is 40.2 Å². The quantitative estimate of drug-likeness (QED) is 0.358. The Labute approximate surface area is 173 Å². The standard InChI is InChI=1S/C20H23NO7S/c1-5-12(3)27-18(23)11-21-19(24)17(29-20(21)25)10-14-7-8-15(28-13(4)22)16(9-14)26-6-2/h7-10,12H,5-6,11H2,1-4H3/b17-10+/t12-/m0/s1. The van der Waals surface area contributed by atoms with Crippen LogP contribution in [-0.2, 0) is 19.1 Å². The summed E-state index contributed by atoms with van der Waals surface area (Å²) in [5.41, 5.74) is 0.581. The van der Waals surface area contributed by atoms with Gasteiger partial charge < -0.3 is 14.2 Å². The first-order valence-corrected chi connectivity index (χ1v) is 9.96. The maximum Gasteiger partial charge on any atom is 0.326 e. The van der Waals surface area contributed by atoms with Crippen molar-refractivity contribution >= 4 is 40.9 Å². The van der Waals surface area contributed by atoms with E-state index in [-0.39, 0.29) is 16.8 Å². The Hall–Kier alpha value is -2.81. The number of hydrogen-bond donors (Lipinski definition) is 0. The minimum absolute atomic E-state index is 0.175. The molecule has 8 nitrogen and oxygen atoms in total. The molecule has 1 fully saturated rings. The fourth-order valence-electron chi connectivity index (χ4n) is 2.38. The Morgan fingerprint density at radius 3 is 2.55 bits per heavy atom. The molecule has 0 N–H and O–H groups in total. The molecule has 0 unspecified atom stereocenters. The smallest absolute Gasteiger partial charge is 0.326 e. The lowest BCUT2D eigenvalue weighted by Gasteiger charge is -2.14. The van der Waals surface area contributed by atoms with Gasteiger partial charge >= 0.3 is 11.9 Å². The highest BCUT2D eigenvalue weighted by molar-refractivity contribution is 8.18. The molecule has 1 atom stereocenters. The summed E-state index contributed by atoms with van der Waals surface area (Å²) in [6.07, 6.45) is 1.87. The molecule has 1 aromatic carbocycles. The number of rotatable bonds is 8. The molecule has 1 aromatic rings. The first-order valence-electron chi connectivity index (χ1n) is 9.15. The van der Waals surface area contributed by atoms with E-state index in [9.17, 15) is 19.2 Å². The van der Waals surface area contributed by atoms with Gasteiger partial charge in [-0.05, 0) is 55.8 Å². The van der Waals surface area contributed by atoms with Gasteiger partial charge in [0.15, 0.2) is 11.5 Å². The molecule has 9 heteroatoms. The molecular formula is C20H23NO7S. The van der Waals surface area contributed by atoms with Crippen LogP contribution >= 0.6 is 11.8 Å². The maximum absolute atomic E-state index is 12.5. The summed E-state index contributed by atoms with van der Waals surface area (Å²) in [4.78, 5) is 48.8. The number of esters is 2. The van der Waals surface area contributed by atoms with Crippen LogP contribution < -0.4 is 9.47 Å². The normalized spacial score (nSPS) is 16.1. The van der Waals surface area contributed by atoms with E-state index in [0.717, 1.165) is 16.7 Å². The van der Waals surface area contributed by atoms with Crippen LogP contribution in [0.5, 0.6) is 11.5 Å². The number of imide groups is 1. The largest absolute Gasteiger partial charge is 0.490 e. The van der Waals surface area contributed by atoms with Gasteiger partial charge in [0.1, 0.15) is 6.54 Å². The number of nitrogens with zero attached hydrogens (tertiary/aromatic N) is 1. The average molecular weight is 421 g/mol. The summed E-state index contributed by atoms with van der Waals surface area (Å²) in [7, 11) is 0. The van der Waals surface area contributed by atoms with E-state index in [1.165, 1.54) is 13.0 Å². The van der Waals surface area contributed by atoms with Crippen LogP contribution in [0.2, 0.25) is 0 Å². The van der Waals surface area contributed by atoms with Gasteiger partial charge in [0.25, 0.3) is 11.1 Å². The Kier molecular flexibility index (Phi) is 7.83. The van der Waals surface area contributed by atoms with Crippen molar-refractivity contribution in [3.8, 4) is 11.5 Å². The molecule has 0 aliphatic carbocycles. The highest BCUT2D eigenvalue weighted by atomic mass is 32.2. The zero-order chi connectivity index (χ0) is 21.6. The van der Waals surface area contributed by atoms with Gasteiger partial charge in [-0.2, -0.15) is 0 Å². The summed E-state index contributed by atoms with van der Waals surface area (Å²) in [5, 5.41) is -0.538. The van der Waals surface area contributed by atoms with E-state index in [0.29, 0.717) is 24.3 Å². The van der Waals surface area contributed by atoms with Gasteiger partial charge in [-0.3, -0.25) is 24.1 Å². The number of carbonyl (C=O) groups excluding carboxylic acids is 4. The van der Waals surface area contributed by atoms with E-state index < -0.39 is 29.6 Å². The Balaban J connectivity index is 2.19. The topological polar surface area (TPSA) is 99.2 Å². The van der Waals surface area contributed by atoms with Crippen LogP contribution in [0.4, 0.5) is 4.79 Å². The third-order valence-electron chi connectivity index (χ3n) is 3.89. The fourth-order valence-corrected chi connectivity index (χ4v) is 3.22. The molecule has 0 spiro atoms. The molecule has 2 rings (SSSR count). The van der Waals surface area contributed by atoms with Crippen molar-refractivity contribution in [1.82, 2.24) is 4.90 Å². The molecule has 0 saturated carbocycles. The maximum atomic E-state index is 12.5. The first kappa shape index (κ1) is 22.5. The Bertz CT molecular complexity index is 849. The average Bonchev–Trinajstić information content (AvgIpc) is 2.91. The highest BCUT2D eigenvalue weighted by Gasteiger charge is 2.36. The van der Waals surface area contributed by atoms with Crippen LogP contribution in [0, 0.1) is 0 Å². The number of carbonyl (C=O) groups is 4. The predicted molar refractivity (Wildman–Crippen MR) is 107 cm³/mol. The number of hydrogen-bond acceptors (Lipinski definition) is 8. The van der Waals surface area contributed by atoms with E-state index in [4.69, 9.17) is 14.2 Å². The summed E-state index contributed by atoms with van der Waals surface area (Å²) in [5.74, 6) is -1.08. The predicted octanol–water partition coefficient (Wildman–Crippen LogP) is 3.39. The molecule has 29 heavy (non-hydrogen) atoms. The van der Waals surface area contributed by atoms with E-state index >= 15 is 0 Å². The van der Waals surface area contributed by atoms with Gasteiger partial charge in [0.05, 0.1) is 17.6 Å². The fraction of sp³-hybridized carbons (Fsp3) is 0.400. The number of ether oxygens (including phenoxy) is 3. The monoisotopic (exact) mass is 421 g/mol. The summed E-state index contributed by atoms with van der Waals surface area (Å²) >= 11 is 0.742. The first-order chi connectivity index (χ1) is 13.7. The lowest BCUT2D eigenvalue weighted by molar-refractivity contribution is -0.150. The van der Waals surface area contributed by atoms with Crippen LogP contribution in [0.1, 0.15) is 39.7 Å². The lowest BCUT2D eigenvalue weighted by Crippen LogP contribution is -2.35. The second-order valence-electron chi connectivity index (χ2n) is 6.21. The SMILES string of the molecule is CCOc1cc(/C=C2/SC(=O)N(CC(=O)O[C@@H](C)CC)C2=O)ccc1OC(C)=O. The van der Waals surface area contributed by atoms with Gasteiger partial charge in [0, 0.05) is 6.92 Å². The van der Waals surface area contributed by atoms with Crippen molar-refractivity contribution in [3.05, 3.63) is 28.7 Å². The zero-order valence-corrected chi connectivity index (χ0v) is 17.5. The molecule has 0 radical (unpaired) electrons. The van der Waals surface area contributed by atoms with Crippen LogP contribution in [0.15, 0.2) is 23.1 Å². The van der Waals surface area contributed by atoms with Crippen molar-refractivity contribution < 1.29 is 33.4 Å². The van der Waals surface area contributed by atoms with E-state index in [1.807, 2.05) is 6.92 Å². The van der Waals surface area contributed by atoms with Crippen molar-refractivity contribution in [1.29, 1.82) is 0 Å². The van der Waals surface area contributed by atoms with E-state index in [1.54, 1.807) is 32.0 Å². The third-order valence-corrected chi connectivity index (χ3v) is 4.79. The number of amides is 2. The summed E-state index contributed by atoms with van der Waals surface area (Å²) in [6.45, 7) is 6.60. The molecule has 156 valence electrons. The van der Waals surface area contributed by atoms with Crippen LogP contribution in [0.3, 0.4) is 0 Å². The lowest BCUT2D eigenvalue weighted by atomic mass is 10.2. The van der Waals surface area contributed by atoms with Gasteiger partial charge in [-0.1, -0.05) is 13.0 Å². The molecule has 0 aromatic heterocycles. The molecule has 1 saturated heterocycles. The molecular weight excluding hydrogens is 398 g/mol. The van der Waals surface area contributed by atoms with E-state index in [2.05, 4.69) is 0 Å². The number of thioether (sulfide) groups is 1. The summed E-state index contributed by atoms with van der Waals surface area (Å²) in [6, 6.07) is 4.78. The molecule has 2 amide bonds. The van der Waals surface area contributed by atoms with Gasteiger partial charge in [-0.25, -0.2) is 0 Å². The van der Waals surface area contributed by atoms with Crippen LogP contribution in [0.25, 0.3) is 6.08 Å².